The van der Waals surface area contributed by atoms with Crippen molar-refractivity contribution in [2.24, 2.45) is 0 Å². The lowest BCUT2D eigenvalue weighted by molar-refractivity contribution is -0.0888. The fourth-order valence-corrected chi connectivity index (χ4v) is 1.97. The smallest absolute Gasteiger partial charge is 0.0641 e. The van der Waals surface area contributed by atoms with Crippen molar-refractivity contribution in [2.45, 2.75) is 38.3 Å². The van der Waals surface area contributed by atoms with E-state index in [1.54, 1.807) is 0 Å². The normalized spacial score (nSPS) is 30.0. The SMILES string of the molecule is CC(C)N1CCN(F)C2(CC2)C1. The van der Waals surface area contributed by atoms with E-state index in [9.17, 15) is 4.48 Å². The maximum Gasteiger partial charge on any atom is 0.0641 e. The number of rotatable bonds is 1. The largest absolute Gasteiger partial charge is 0.298 e. The lowest BCUT2D eigenvalue weighted by Crippen LogP contribution is -2.53. The van der Waals surface area contributed by atoms with Crippen LogP contribution in [0.15, 0.2) is 0 Å². The molecule has 0 aromatic rings. The fraction of sp³-hybridized carbons (Fsp3) is 1.00. The van der Waals surface area contributed by atoms with E-state index >= 15 is 0 Å². The highest BCUT2D eigenvalue weighted by atomic mass is 19.2. The van der Waals surface area contributed by atoms with Crippen molar-refractivity contribution in [3.63, 3.8) is 0 Å². The summed E-state index contributed by atoms with van der Waals surface area (Å²) in [5.74, 6) is 0. The highest BCUT2D eigenvalue weighted by Crippen LogP contribution is 2.44. The van der Waals surface area contributed by atoms with Gasteiger partial charge in [0.2, 0.25) is 0 Å². The van der Waals surface area contributed by atoms with Crippen LogP contribution >= 0.6 is 0 Å². The molecule has 1 saturated carbocycles. The molecule has 2 nitrogen and oxygen atoms in total. The first-order valence-corrected chi connectivity index (χ1v) is 4.81. The van der Waals surface area contributed by atoms with Crippen molar-refractivity contribution in [1.29, 1.82) is 0 Å². The molecule has 0 radical (unpaired) electrons. The van der Waals surface area contributed by atoms with Gasteiger partial charge < -0.3 is 0 Å². The third kappa shape index (κ3) is 1.25. The van der Waals surface area contributed by atoms with Crippen LogP contribution in [0.25, 0.3) is 0 Å². The monoisotopic (exact) mass is 172 g/mol. The molecular weight excluding hydrogens is 155 g/mol. The molecule has 1 heterocycles. The quantitative estimate of drug-likeness (QED) is 0.552. The molecule has 70 valence electrons. The maximum atomic E-state index is 13.3. The Labute approximate surface area is 73.3 Å². The lowest BCUT2D eigenvalue weighted by atomic mass is 10.1. The number of piperazine rings is 1. The first-order chi connectivity index (χ1) is 5.64. The average molecular weight is 172 g/mol. The maximum absolute atomic E-state index is 13.3. The van der Waals surface area contributed by atoms with Gasteiger partial charge in [0.15, 0.2) is 0 Å². The summed E-state index contributed by atoms with van der Waals surface area (Å²) in [4.78, 5) is 2.38. The van der Waals surface area contributed by atoms with Crippen molar-refractivity contribution in [1.82, 2.24) is 10.0 Å². The lowest BCUT2D eigenvalue weighted by Gasteiger charge is -2.39. The third-order valence-corrected chi connectivity index (χ3v) is 3.15. The summed E-state index contributed by atoms with van der Waals surface area (Å²) in [6, 6.07) is 0.566. The van der Waals surface area contributed by atoms with Gasteiger partial charge >= 0.3 is 0 Å². The van der Waals surface area contributed by atoms with Crippen LogP contribution in [0.4, 0.5) is 4.48 Å². The Balaban J connectivity index is 1.99. The van der Waals surface area contributed by atoms with Crippen LogP contribution in [0.5, 0.6) is 0 Å². The number of nitrogens with zero attached hydrogens (tertiary/aromatic N) is 2. The number of halogens is 1. The van der Waals surface area contributed by atoms with Crippen molar-refractivity contribution in [3.05, 3.63) is 0 Å². The van der Waals surface area contributed by atoms with E-state index < -0.39 is 0 Å². The summed E-state index contributed by atoms with van der Waals surface area (Å²) in [7, 11) is 0. The van der Waals surface area contributed by atoms with Crippen molar-refractivity contribution in [3.8, 4) is 0 Å². The van der Waals surface area contributed by atoms with Gasteiger partial charge in [0.1, 0.15) is 0 Å². The van der Waals surface area contributed by atoms with E-state index in [1.165, 1.54) is 0 Å². The molecule has 0 aromatic heterocycles. The summed E-state index contributed by atoms with van der Waals surface area (Å²) < 4.78 is 13.3. The Morgan fingerprint density at radius 1 is 1.25 bits per heavy atom. The van der Waals surface area contributed by atoms with Gasteiger partial charge in [-0.2, -0.15) is 0 Å². The van der Waals surface area contributed by atoms with Gasteiger partial charge in [0, 0.05) is 25.7 Å². The average Bonchev–Trinajstić information content (AvgIpc) is 2.76. The fourth-order valence-electron chi connectivity index (χ4n) is 1.97. The minimum Gasteiger partial charge on any atom is -0.298 e. The van der Waals surface area contributed by atoms with Crippen LogP contribution in [-0.4, -0.2) is 41.2 Å². The van der Waals surface area contributed by atoms with Crippen LogP contribution < -0.4 is 0 Å². The molecule has 0 atom stereocenters. The molecule has 0 unspecified atom stereocenters. The Morgan fingerprint density at radius 2 is 1.92 bits per heavy atom. The third-order valence-electron chi connectivity index (χ3n) is 3.15. The Hall–Kier alpha value is -0.150. The first kappa shape index (κ1) is 8.45. The van der Waals surface area contributed by atoms with Gasteiger partial charge in [-0.15, -0.1) is 9.60 Å². The highest BCUT2D eigenvalue weighted by molar-refractivity contribution is 5.06. The molecule has 1 aliphatic carbocycles. The standard InChI is InChI=1S/C9H17FN2/c1-8(2)11-5-6-12(10)9(7-11)3-4-9/h8H,3-7H2,1-2H3. The molecule has 0 N–H and O–H groups in total. The van der Waals surface area contributed by atoms with E-state index in [2.05, 4.69) is 18.7 Å². The van der Waals surface area contributed by atoms with Crippen LogP contribution in [0.1, 0.15) is 26.7 Å². The van der Waals surface area contributed by atoms with Gasteiger partial charge in [-0.1, -0.05) is 0 Å². The second-order valence-corrected chi connectivity index (χ2v) is 4.37. The zero-order valence-electron chi connectivity index (χ0n) is 7.89. The van der Waals surface area contributed by atoms with Crippen molar-refractivity contribution >= 4 is 0 Å². The summed E-state index contributed by atoms with van der Waals surface area (Å²) in [5.41, 5.74) is -0.0669. The topological polar surface area (TPSA) is 6.48 Å². The molecule has 0 bridgehead atoms. The molecule has 0 aromatic carbocycles. The summed E-state index contributed by atoms with van der Waals surface area (Å²) in [6.07, 6.45) is 2.10. The molecule has 1 saturated heterocycles. The van der Waals surface area contributed by atoms with Crippen molar-refractivity contribution < 1.29 is 4.48 Å². The molecule has 1 aliphatic heterocycles. The van der Waals surface area contributed by atoms with E-state index in [4.69, 9.17) is 0 Å². The highest BCUT2D eigenvalue weighted by Gasteiger charge is 2.52. The van der Waals surface area contributed by atoms with Crippen LogP contribution in [0.3, 0.4) is 0 Å². The predicted octanol–water partition coefficient (Wildman–Crippen LogP) is 1.43. The van der Waals surface area contributed by atoms with E-state index in [-0.39, 0.29) is 5.54 Å². The second kappa shape index (κ2) is 2.67. The van der Waals surface area contributed by atoms with Gasteiger partial charge in [0.25, 0.3) is 0 Å². The van der Waals surface area contributed by atoms with Gasteiger partial charge in [-0.3, -0.25) is 4.90 Å². The molecule has 3 heteroatoms. The first-order valence-electron chi connectivity index (χ1n) is 4.81. The summed E-state index contributed by atoms with van der Waals surface area (Å²) in [5, 5.41) is 1.06. The number of hydrogen-bond acceptors (Lipinski definition) is 2. The molecule has 2 aliphatic rings. The summed E-state index contributed by atoms with van der Waals surface area (Å²) >= 11 is 0. The number of hydrogen-bond donors (Lipinski definition) is 0. The molecule has 12 heavy (non-hydrogen) atoms. The van der Waals surface area contributed by atoms with E-state index in [0.29, 0.717) is 12.6 Å². The molecule has 0 amide bonds. The zero-order chi connectivity index (χ0) is 8.77. The Morgan fingerprint density at radius 3 is 2.42 bits per heavy atom. The van der Waals surface area contributed by atoms with Gasteiger partial charge in [-0.25, -0.2) is 0 Å². The minimum absolute atomic E-state index is 0.0669. The van der Waals surface area contributed by atoms with Crippen LogP contribution in [0, 0.1) is 0 Å². The molecule has 2 fully saturated rings. The molecule has 2 rings (SSSR count). The van der Waals surface area contributed by atoms with Crippen molar-refractivity contribution in [2.75, 3.05) is 19.6 Å². The summed E-state index contributed by atoms with van der Waals surface area (Å²) in [6.45, 7) is 6.78. The Kier molecular flexibility index (Phi) is 1.88. The Bertz CT molecular complexity index is 177. The molecule has 1 spiro atoms. The predicted molar refractivity (Wildman–Crippen MR) is 46.5 cm³/mol. The van der Waals surface area contributed by atoms with Crippen LogP contribution in [-0.2, 0) is 0 Å². The van der Waals surface area contributed by atoms with Gasteiger partial charge in [-0.05, 0) is 26.7 Å². The van der Waals surface area contributed by atoms with E-state index in [1.807, 2.05) is 0 Å². The van der Waals surface area contributed by atoms with E-state index in [0.717, 1.165) is 31.1 Å². The minimum atomic E-state index is -0.0669. The second-order valence-electron chi connectivity index (χ2n) is 4.37. The van der Waals surface area contributed by atoms with Crippen LogP contribution in [0.2, 0.25) is 0 Å². The molecular formula is C9H17FN2. The zero-order valence-corrected chi connectivity index (χ0v) is 7.89. The van der Waals surface area contributed by atoms with Gasteiger partial charge in [0.05, 0.1) is 5.54 Å².